The molecule has 1 aromatic heterocycles. The van der Waals surface area contributed by atoms with E-state index in [1.807, 2.05) is 28.8 Å². The van der Waals surface area contributed by atoms with E-state index in [0.29, 0.717) is 23.6 Å². The molecule has 4 aliphatic rings. The minimum absolute atomic E-state index is 0.0129. The van der Waals surface area contributed by atoms with E-state index in [1.165, 1.54) is 71.3 Å². The van der Waals surface area contributed by atoms with E-state index in [2.05, 4.69) is 15.0 Å². The van der Waals surface area contributed by atoms with Crippen LogP contribution in [0.15, 0.2) is 34.2 Å². The molecule has 0 amide bonds. The van der Waals surface area contributed by atoms with Crippen LogP contribution in [0.1, 0.15) is 88.8 Å². The molecule has 2 saturated heterocycles. The first kappa shape index (κ1) is 27.4. The van der Waals surface area contributed by atoms with Crippen molar-refractivity contribution < 1.29 is 19.5 Å². The maximum Gasteiger partial charge on any atom is 0.360 e. The van der Waals surface area contributed by atoms with Crippen LogP contribution in [0.2, 0.25) is 0 Å². The Morgan fingerprint density at radius 2 is 1.62 bits per heavy atom. The molecule has 9 nitrogen and oxygen atoms in total. The lowest BCUT2D eigenvalue weighted by Gasteiger charge is -2.54. The minimum atomic E-state index is -1.34. The van der Waals surface area contributed by atoms with Gasteiger partial charge in [0.25, 0.3) is 5.56 Å². The fourth-order valence-electron chi connectivity index (χ4n) is 8.39. The molecule has 1 N–H and O–H groups in total. The Hall–Kier alpha value is -2.78. The molecule has 6 rings (SSSR count). The Morgan fingerprint density at radius 1 is 0.925 bits per heavy atom. The van der Waals surface area contributed by atoms with Gasteiger partial charge >= 0.3 is 5.97 Å². The van der Waals surface area contributed by atoms with Gasteiger partial charge in [-0.15, -0.1) is 0 Å². The lowest BCUT2D eigenvalue weighted by molar-refractivity contribution is -0.129. The number of para-hydroxylation sites is 2. The molecule has 2 saturated carbocycles. The van der Waals surface area contributed by atoms with E-state index < -0.39 is 17.2 Å². The van der Waals surface area contributed by atoms with Gasteiger partial charge in [-0.1, -0.05) is 49.4 Å². The number of oxime groups is 1. The Labute approximate surface area is 235 Å². The number of carboxylic acid groups (broad SMARTS) is 1. The average molecular weight is 551 g/mol. The molecule has 0 radical (unpaired) electrons. The number of hydrogen-bond donors (Lipinski definition) is 1. The number of piperidine rings is 2. The molecule has 2 aromatic rings. The van der Waals surface area contributed by atoms with Crippen LogP contribution in [0.4, 0.5) is 0 Å². The van der Waals surface area contributed by atoms with Gasteiger partial charge in [0.05, 0.1) is 17.6 Å². The van der Waals surface area contributed by atoms with Crippen molar-refractivity contribution in [3.05, 3.63) is 40.3 Å². The van der Waals surface area contributed by atoms with E-state index in [9.17, 15) is 14.7 Å². The van der Waals surface area contributed by atoms with E-state index in [4.69, 9.17) is 9.57 Å². The van der Waals surface area contributed by atoms with E-state index in [0.717, 1.165) is 30.2 Å². The highest BCUT2D eigenvalue weighted by atomic mass is 16.6. The Balaban J connectivity index is 1.33. The van der Waals surface area contributed by atoms with Crippen LogP contribution in [0.3, 0.4) is 0 Å². The zero-order chi connectivity index (χ0) is 27.6. The van der Waals surface area contributed by atoms with Crippen LogP contribution in [0, 0.1) is 11.8 Å². The molecule has 4 bridgehead atoms. The third kappa shape index (κ3) is 5.42. The van der Waals surface area contributed by atoms with Crippen LogP contribution >= 0.6 is 0 Å². The quantitative estimate of drug-likeness (QED) is 0.287. The molecule has 2 aliphatic heterocycles. The SMILES string of the molecule is COCCON=C(C(=O)O)c1nc2ccccc2n(C2C[C@H]3CCC[C@@H](C2)N3C2CC3CCCCC(C3)C2)c1=O. The first-order chi connectivity index (χ1) is 19.5. The summed E-state index contributed by atoms with van der Waals surface area (Å²) < 4.78 is 6.79. The molecule has 5 atom stereocenters. The van der Waals surface area contributed by atoms with E-state index >= 15 is 0 Å². The molecule has 216 valence electrons. The summed E-state index contributed by atoms with van der Waals surface area (Å²) in [5, 5.41) is 13.7. The maximum atomic E-state index is 14.1. The minimum Gasteiger partial charge on any atom is -0.476 e. The normalized spacial score (nSPS) is 31.1. The van der Waals surface area contributed by atoms with Crippen molar-refractivity contribution >= 4 is 22.7 Å². The van der Waals surface area contributed by atoms with Gasteiger partial charge in [-0.05, 0) is 68.9 Å². The van der Waals surface area contributed by atoms with Gasteiger partial charge in [0.15, 0.2) is 5.69 Å². The topological polar surface area (TPSA) is 106 Å². The lowest BCUT2D eigenvalue weighted by atomic mass is 9.73. The molecular formula is C31H42N4O5. The number of carboxylic acids is 1. The lowest BCUT2D eigenvalue weighted by Crippen LogP contribution is -2.58. The fourth-order valence-corrected chi connectivity index (χ4v) is 8.39. The molecule has 3 unspecified atom stereocenters. The summed E-state index contributed by atoms with van der Waals surface area (Å²) in [5.74, 6) is 0.409. The predicted molar refractivity (Wildman–Crippen MR) is 153 cm³/mol. The van der Waals surface area contributed by atoms with E-state index in [-0.39, 0.29) is 24.9 Å². The number of rotatable bonds is 8. The van der Waals surface area contributed by atoms with Crippen molar-refractivity contribution in [2.24, 2.45) is 17.0 Å². The molecule has 40 heavy (non-hydrogen) atoms. The summed E-state index contributed by atoms with van der Waals surface area (Å²) in [6.07, 6.45) is 15.0. The maximum absolute atomic E-state index is 14.1. The van der Waals surface area contributed by atoms with Gasteiger partial charge < -0.3 is 19.2 Å². The molecular weight excluding hydrogens is 508 g/mol. The highest BCUT2D eigenvalue weighted by Gasteiger charge is 2.45. The van der Waals surface area contributed by atoms with Gasteiger partial charge in [0.1, 0.15) is 6.61 Å². The van der Waals surface area contributed by atoms with Crippen molar-refractivity contribution in [2.75, 3.05) is 20.3 Å². The summed E-state index contributed by atoms with van der Waals surface area (Å²) in [5.41, 5.74) is 0.291. The fraction of sp³-hybridized carbons (Fsp3) is 0.677. The first-order valence-corrected chi connectivity index (χ1v) is 15.2. The van der Waals surface area contributed by atoms with Gasteiger partial charge in [-0.2, -0.15) is 0 Å². The number of fused-ring (bicyclic) bond motifs is 5. The second-order valence-corrected chi connectivity index (χ2v) is 12.4. The van der Waals surface area contributed by atoms with Crippen LogP contribution in [-0.4, -0.2) is 69.7 Å². The first-order valence-electron chi connectivity index (χ1n) is 15.2. The Bertz CT molecular complexity index is 1280. The second-order valence-electron chi connectivity index (χ2n) is 12.4. The van der Waals surface area contributed by atoms with Crippen molar-refractivity contribution in [3.8, 4) is 0 Å². The van der Waals surface area contributed by atoms with Crippen LogP contribution in [0.25, 0.3) is 11.0 Å². The smallest absolute Gasteiger partial charge is 0.360 e. The predicted octanol–water partition coefficient (Wildman–Crippen LogP) is 4.77. The zero-order valence-electron chi connectivity index (χ0n) is 23.5. The third-order valence-electron chi connectivity index (χ3n) is 9.90. The standard InChI is InChI=1S/C31H42N4O5/c1-39-13-14-40-33-29(31(37)38)28-30(36)35(27-12-5-4-11-26(27)32-28)25-18-22-9-6-10-23(19-25)34(22)24-16-20-7-2-3-8-21(15-20)17-24/h4-5,11-12,20-25H,2-3,6-10,13-19H2,1H3,(H,37,38)/t20?,21?,22-,23+,24?,25?. The number of nitrogens with zero attached hydrogens (tertiary/aromatic N) is 4. The molecule has 2 aliphatic carbocycles. The number of benzene rings is 1. The largest absolute Gasteiger partial charge is 0.476 e. The summed E-state index contributed by atoms with van der Waals surface area (Å²) in [6.45, 7) is 0.343. The monoisotopic (exact) mass is 550 g/mol. The van der Waals surface area contributed by atoms with Gasteiger partial charge in [-0.25, -0.2) is 9.78 Å². The number of aliphatic carboxylic acids is 1. The van der Waals surface area contributed by atoms with Crippen LogP contribution in [-0.2, 0) is 14.4 Å². The number of carbonyl (C=O) groups is 1. The average Bonchev–Trinajstić information content (AvgIpc) is 3.11. The number of hydrogen-bond acceptors (Lipinski definition) is 7. The summed E-state index contributed by atoms with van der Waals surface area (Å²) in [7, 11) is 1.52. The summed E-state index contributed by atoms with van der Waals surface area (Å²) in [6, 6.07) is 9.09. The number of aromatic nitrogens is 2. The number of ether oxygens (including phenoxy) is 1. The Kier molecular flexibility index (Phi) is 8.21. The van der Waals surface area contributed by atoms with Crippen molar-refractivity contribution in [1.29, 1.82) is 0 Å². The van der Waals surface area contributed by atoms with Crippen LogP contribution in [0.5, 0.6) is 0 Å². The third-order valence-corrected chi connectivity index (χ3v) is 9.90. The number of methoxy groups -OCH3 is 1. The Morgan fingerprint density at radius 3 is 2.30 bits per heavy atom. The molecule has 1 aromatic carbocycles. The summed E-state index contributed by atoms with van der Waals surface area (Å²) in [4.78, 5) is 38.8. The molecule has 3 heterocycles. The molecule has 9 heteroatoms. The van der Waals surface area contributed by atoms with Gasteiger partial charge in [0.2, 0.25) is 5.71 Å². The zero-order valence-corrected chi connectivity index (χ0v) is 23.5. The van der Waals surface area contributed by atoms with Crippen LogP contribution < -0.4 is 5.56 Å². The van der Waals surface area contributed by atoms with Crippen molar-refractivity contribution in [2.45, 2.75) is 101 Å². The van der Waals surface area contributed by atoms with E-state index in [1.54, 1.807) is 0 Å². The molecule has 0 spiro atoms. The molecule has 4 fully saturated rings. The highest BCUT2D eigenvalue weighted by molar-refractivity contribution is 6.41. The highest BCUT2D eigenvalue weighted by Crippen LogP contribution is 2.47. The summed E-state index contributed by atoms with van der Waals surface area (Å²) >= 11 is 0. The second kappa shape index (κ2) is 12.0. The van der Waals surface area contributed by atoms with Gasteiger partial charge in [-0.3, -0.25) is 9.69 Å². The van der Waals surface area contributed by atoms with Crippen molar-refractivity contribution in [1.82, 2.24) is 14.5 Å². The van der Waals surface area contributed by atoms with Crippen molar-refractivity contribution in [3.63, 3.8) is 0 Å². The van der Waals surface area contributed by atoms with Gasteiger partial charge in [0, 0.05) is 31.3 Å².